The summed E-state index contributed by atoms with van der Waals surface area (Å²) >= 11 is 8.13. The van der Waals surface area contributed by atoms with E-state index in [1.165, 1.54) is 10.5 Å². The highest BCUT2D eigenvalue weighted by atomic mass is 35.5. The quantitative estimate of drug-likeness (QED) is 0.665. The van der Waals surface area contributed by atoms with E-state index in [2.05, 4.69) is 28.4 Å². The summed E-state index contributed by atoms with van der Waals surface area (Å²) in [6.45, 7) is 0. The van der Waals surface area contributed by atoms with Gasteiger partial charge in [0.25, 0.3) is 0 Å². The van der Waals surface area contributed by atoms with E-state index in [1.54, 1.807) is 18.0 Å². The predicted octanol–water partition coefficient (Wildman–Crippen LogP) is 3.65. The van der Waals surface area contributed by atoms with E-state index in [0.717, 1.165) is 12.2 Å². The fraction of sp³-hybridized carbons (Fsp3) is 0.250. The van der Waals surface area contributed by atoms with Crippen LogP contribution in [0.25, 0.3) is 0 Å². The lowest BCUT2D eigenvalue weighted by Gasteiger charge is -2.12. The molecule has 0 fully saturated rings. The van der Waals surface area contributed by atoms with Crippen LogP contribution in [0.4, 0.5) is 0 Å². The Morgan fingerprint density at radius 1 is 1.44 bits per heavy atom. The summed E-state index contributed by atoms with van der Waals surface area (Å²) < 4.78 is 0. The van der Waals surface area contributed by atoms with Gasteiger partial charge in [-0.15, -0.1) is 23.4 Å². The maximum Gasteiger partial charge on any atom is 0.107 e. The molecule has 0 radical (unpaired) electrons. The number of halogens is 1. The summed E-state index contributed by atoms with van der Waals surface area (Å²) in [5.41, 5.74) is 1.17. The molecule has 1 N–H and O–H groups in total. The second-order valence-corrected chi connectivity index (χ2v) is 4.82. The highest BCUT2D eigenvalue weighted by Crippen LogP contribution is 2.31. The first-order chi connectivity index (χ1) is 7.81. The van der Waals surface area contributed by atoms with E-state index in [0.29, 0.717) is 0 Å². The lowest BCUT2D eigenvalue weighted by atomic mass is 10.1. The number of rotatable bonds is 4. The first kappa shape index (κ1) is 11.6. The zero-order valence-corrected chi connectivity index (χ0v) is 10.6. The van der Waals surface area contributed by atoms with Gasteiger partial charge >= 0.3 is 0 Å². The monoisotopic (exact) mass is 252 g/mol. The molecule has 2 nitrogen and oxygen atoms in total. The summed E-state index contributed by atoms with van der Waals surface area (Å²) in [6.07, 6.45) is 6.36. The molecule has 1 aromatic heterocycles. The maximum absolute atomic E-state index is 6.41. The number of alkyl halides is 1. The van der Waals surface area contributed by atoms with E-state index >= 15 is 0 Å². The molecule has 0 saturated carbocycles. The van der Waals surface area contributed by atoms with Crippen molar-refractivity contribution in [2.45, 2.75) is 16.7 Å². The molecule has 2 rings (SSSR count). The molecule has 1 atom stereocenters. The Morgan fingerprint density at radius 2 is 2.25 bits per heavy atom. The van der Waals surface area contributed by atoms with Crippen molar-refractivity contribution in [1.82, 2.24) is 9.97 Å². The normalized spacial score (nSPS) is 12.6. The van der Waals surface area contributed by atoms with Crippen LogP contribution < -0.4 is 0 Å². The Labute approximate surface area is 104 Å². The molecule has 0 aliphatic carbocycles. The fourth-order valence-corrected chi connectivity index (χ4v) is 2.68. The van der Waals surface area contributed by atoms with Gasteiger partial charge in [-0.1, -0.05) is 18.2 Å². The average molecular weight is 253 g/mol. The van der Waals surface area contributed by atoms with Crippen LogP contribution in [0.5, 0.6) is 0 Å². The molecule has 1 heterocycles. The number of hydrogen-bond acceptors (Lipinski definition) is 2. The number of aromatic amines is 1. The average Bonchev–Trinajstić information content (AvgIpc) is 2.81. The van der Waals surface area contributed by atoms with E-state index in [9.17, 15) is 0 Å². The van der Waals surface area contributed by atoms with Gasteiger partial charge in [0, 0.05) is 23.7 Å². The Morgan fingerprint density at radius 3 is 2.94 bits per heavy atom. The Bertz CT molecular complexity index is 442. The fourth-order valence-electron chi connectivity index (χ4n) is 1.61. The van der Waals surface area contributed by atoms with Gasteiger partial charge in [-0.25, -0.2) is 4.98 Å². The summed E-state index contributed by atoms with van der Waals surface area (Å²) in [5, 5.41) is -0.0326. The molecular formula is C12H13ClN2S. The molecule has 0 aliphatic rings. The number of hydrogen-bond donors (Lipinski definition) is 1. The number of imidazole rings is 1. The minimum absolute atomic E-state index is 0.0326. The summed E-state index contributed by atoms with van der Waals surface area (Å²) in [7, 11) is 0. The van der Waals surface area contributed by atoms with Gasteiger partial charge in [0.15, 0.2) is 0 Å². The van der Waals surface area contributed by atoms with Gasteiger partial charge in [-0.05, 0) is 17.9 Å². The van der Waals surface area contributed by atoms with Crippen LogP contribution in [0, 0.1) is 0 Å². The van der Waals surface area contributed by atoms with Crippen molar-refractivity contribution < 1.29 is 0 Å². The van der Waals surface area contributed by atoms with Gasteiger partial charge in [0.1, 0.15) is 5.82 Å². The van der Waals surface area contributed by atoms with Gasteiger partial charge in [-0.2, -0.15) is 0 Å². The zero-order chi connectivity index (χ0) is 11.4. The Kier molecular flexibility index (Phi) is 3.91. The van der Waals surface area contributed by atoms with Crippen LogP contribution in [0.3, 0.4) is 0 Å². The number of aromatic nitrogens is 2. The molecule has 0 aliphatic heterocycles. The number of benzene rings is 1. The van der Waals surface area contributed by atoms with E-state index in [-0.39, 0.29) is 5.38 Å². The molecule has 1 unspecified atom stereocenters. The molecule has 84 valence electrons. The molecule has 0 amide bonds. The van der Waals surface area contributed by atoms with Crippen LogP contribution in [0.2, 0.25) is 0 Å². The van der Waals surface area contributed by atoms with Crippen molar-refractivity contribution in [3.05, 3.63) is 48.0 Å². The molecule has 0 bridgehead atoms. The third-order valence-corrected chi connectivity index (χ3v) is 3.60. The lowest BCUT2D eigenvalue weighted by molar-refractivity contribution is 0.840. The van der Waals surface area contributed by atoms with Crippen LogP contribution in [0.1, 0.15) is 16.8 Å². The first-order valence-corrected chi connectivity index (χ1v) is 6.72. The van der Waals surface area contributed by atoms with Gasteiger partial charge < -0.3 is 4.98 Å². The number of H-pyrrole nitrogens is 1. The first-order valence-electron chi connectivity index (χ1n) is 5.06. The zero-order valence-electron chi connectivity index (χ0n) is 8.98. The van der Waals surface area contributed by atoms with Crippen LogP contribution in [0.15, 0.2) is 41.6 Å². The third kappa shape index (κ3) is 2.60. The van der Waals surface area contributed by atoms with Crippen LogP contribution in [-0.4, -0.2) is 16.2 Å². The van der Waals surface area contributed by atoms with Gasteiger partial charge in [-0.3, -0.25) is 0 Å². The number of nitrogens with one attached hydrogen (secondary N) is 1. The predicted molar refractivity (Wildman–Crippen MR) is 69.1 cm³/mol. The van der Waals surface area contributed by atoms with Crippen LogP contribution in [-0.2, 0) is 6.42 Å². The van der Waals surface area contributed by atoms with Crippen molar-refractivity contribution in [1.29, 1.82) is 0 Å². The molecule has 2 aromatic rings. The Balaban J connectivity index is 2.17. The summed E-state index contributed by atoms with van der Waals surface area (Å²) in [6, 6.07) is 8.22. The molecule has 0 spiro atoms. The van der Waals surface area contributed by atoms with Gasteiger partial charge in [0.2, 0.25) is 0 Å². The summed E-state index contributed by atoms with van der Waals surface area (Å²) in [5.74, 6) is 0.927. The lowest BCUT2D eigenvalue weighted by Crippen LogP contribution is -1.99. The van der Waals surface area contributed by atoms with E-state index in [1.807, 2.05) is 18.3 Å². The Hall–Kier alpha value is -0.930. The number of nitrogens with zero attached hydrogens (tertiary/aromatic N) is 1. The maximum atomic E-state index is 6.41. The van der Waals surface area contributed by atoms with Crippen molar-refractivity contribution in [2.24, 2.45) is 0 Å². The molecule has 4 heteroatoms. The number of thioether (sulfide) groups is 1. The van der Waals surface area contributed by atoms with Crippen molar-refractivity contribution >= 4 is 23.4 Å². The minimum Gasteiger partial charge on any atom is -0.349 e. The largest absolute Gasteiger partial charge is 0.349 e. The molecular weight excluding hydrogens is 240 g/mol. The molecule has 16 heavy (non-hydrogen) atoms. The highest BCUT2D eigenvalue weighted by molar-refractivity contribution is 7.98. The van der Waals surface area contributed by atoms with E-state index in [4.69, 9.17) is 11.6 Å². The second-order valence-electron chi connectivity index (χ2n) is 3.45. The molecule has 0 saturated heterocycles. The second kappa shape index (κ2) is 5.41. The topological polar surface area (TPSA) is 28.7 Å². The van der Waals surface area contributed by atoms with Gasteiger partial charge in [0.05, 0.1) is 5.38 Å². The van der Waals surface area contributed by atoms with Crippen LogP contribution >= 0.6 is 23.4 Å². The SMILES string of the molecule is CSc1ccccc1C(Cl)Cc1ncc[nH]1. The summed E-state index contributed by atoms with van der Waals surface area (Å²) in [4.78, 5) is 8.49. The minimum atomic E-state index is -0.0326. The van der Waals surface area contributed by atoms with Crippen molar-refractivity contribution in [3.63, 3.8) is 0 Å². The van der Waals surface area contributed by atoms with Crippen molar-refractivity contribution in [3.8, 4) is 0 Å². The smallest absolute Gasteiger partial charge is 0.107 e. The van der Waals surface area contributed by atoms with E-state index < -0.39 is 0 Å². The van der Waals surface area contributed by atoms with Crippen molar-refractivity contribution in [2.75, 3.05) is 6.26 Å². The highest BCUT2D eigenvalue weighted by Gasteiger charge is 2.13. The molecule has 1 aromatic carbocycles. The standard InChI is InChI=1S/C12H13ClN2S/c1-16-11-5-3-2-4-9(11)10(13)8-12-14-6-7-15-12/h2-7,10H,8H2,1H3,(H,14,15). The third-order valence-electron chi connectivity index (χ3n) is 2.40.